The lowest BCUT2D eigenvalue weighted by molar-refractivity contribution is 0.396. The Hall–Kier alpha value is -0.940. The van der Waals surface area contributed by atoms with Crippen molar-refractivity contribution in [2.45, 2.75) is 18.2 Å². The maximum absolute atomic E-state index is 5.11. The highest BCUT2D eigenvalue weighted by Crippen LogP contribution is 2.32. The van der Waals surface area contributed by atoms with Crippen LogP contribution in [0.5, 0.6) is 5.88 Å². The summed E-state index contributed by atoms with van der Waals surface area (Å²) in [5, 5.41) is 0. The minimum absolute atomic E-state index is 0.213. The zero-order valence-corrected chi connectivity index (χ0v) is 13.9. The summed E-state index contributed by atoms with van der Waals surface area (Å²) in [7, 11) is 1.61. The molecule has 0 bridgehead atoms. The molecule has 1 unspecified atom stereocenters. The summed E-state index contributed by atoms with van der Waals surface area (Å²) < 4.78 is 6.23. The first-order valence-electron chi connectivity index (χ1n) is 5.86. The van der Waals surface area contributed by atoms with Gasteiger partial charge in [0.2, 0.25) is 5.88 Å². The predicted molar refractivity (Wildman–Crippen MR) is 82.8 cm³/mol. The fourth-order valence-corrected chi connectivity index (χ4v) is 3.07. The van der Waals surface area contributed by atoms with Crippen molar-refractivity contribution in [1.82, 2.24) is 9.97 Å². The summed E-state index contributed by atoms with van der Waals surface area (Å²) in [6.45, 7) is 2.11. The Kier molecular flexibility index (Phi) is 4.93. The van der Waals surface area contributed by atoms with Gasteiger partial charge < -0.3 is 4.74 Å². The lowest BCUT2D eigenvalue weighted by Gasteiger charge is -2.14. The smallest absolute Gasteiger partial charge is 0.216 e. The number of methoxy groups -OCH3 is 1. The molecule has 0 aliphatic rings. The van der Waals surface area contributed by atoms with Gasteiger partial charge in [0.25, 0.3) is 0 Å². The van der Waals surface area contributed by atoms with Gasteiger partial charge in [-0.2, -0.15) is 0 Å². The first kappa shape index (κ1) is 14.5. The van der Waals surface area contributed by atoms with Crippen molar-refractivity contribution in [3.63, 3.8) is 0 Å². The highest BCUT2D eigenvalue weighted by molar-refractivity contribution is 9.10. The summed E-state index contributed by atoms with van der Waals surface area (Å²) in [5.74, 6) is 0.593. The molecule has 0 amide bonds. The van der Waals surface area contributed by atoms with Crippen LogP contribution in [0.2, 0.25) is 0 Å². The molecule has 1 aromatic carbocycles. The third kappa shape index (κ3) is 3.54. The van der Waals surface area contributed by atoms with E-state index in [1.165, 1.54) is 17.5 Å². The zero-order valence-electron chi connectivity index (χ0n) is 10.7. The molecule has 1 atom stereocenters. The number of alkyl halides is 1. The van der Waals surface area contributed by atoms with E-state index in [1.807, 2.05) is 18.2 Å². The Bertz CT molecular complexity index is 575. The highest BCUT2D eigenvalue weighted by atomic mass is 79.9. The fraction of sp³-hybridized carbons (Fsp3) is 0.286. The van der Waals surface area contributed by atoms with Crippen molar-refractivity contribution in [3.05, 3.63) is 51.9 Å². The molecule has 0 N–H and O–H groups in total. The van der Waals surface area contributed by atoms with E-state index in [0.29, 0.717) is 5.88 Å². The summed E-state index contributed by atoms with van der Waals surface area (Å²) in [6.07, 6.45) is 2.32. The molecule has 19 heavy (non-hydrogen) atoms. The molecule has 3 nitrogen and oxygen atoms in total. The molecule has 0 saturated carbocycles. The van der Waals surface area contributed by atoms with E-state index in [2.05, 4.69) is 54.8 Å². The predicted octanol–water partition coefficient (Wildman–Crippen LogP) is 4.23. The first-order chi connectivity index (χ1) is 9.11. The van der Waals surface area contributed by atoms with Gasteiger partial charge in [-0.05, 0) is 24.1 Å². The Morgan fingerprint density at radius 1 is 1.32 bits per heavy atom. The van der Waals surface area contributed by atoms with Gasteiger partial charge in [0.05, 0.1) is 7.11 Å². The maximum atomic E-state index is 5.11. The summed E-state index contributed by atoms with van der Waals surface area (Å²) in [4.78, 5) is 8.50. The number of aromatic nitrogens is 2. The van der Waals surface area contributed by atoms with Crippen LogP contribution in [-0.4, -0.2) is 17.1 Å². The number of hydrogen-bond donors (Lipinski definition) is 0. The normalized spacial score (nSPS) is 12.2. The van der Waals surface area contributed by atoms with Gasteiger partial charge in [-0.25, -0.2) is 9.97 Å². The number of hydrogen-bond acceptors (Lipinski definition) is 3. The molecule has 100 valence electrons. The lowest BCUT2D eigenvalue weighted by atomic mass is 10.0. The van der Waals surface area contributed by atoms with Crippen LogP contribution in [-0.2, 0) is 6.42 Å². The summed E-state index contributed by atoms with van der Waals surface area (Å²) in [6, 6.07) is 8.08. The van der Waals surface area contributed by atoms with Gasteiger partial charge in [0.1, 0.15) is 6.33 Å². The second-order valence-electron chi connectivity index (χ2n) is 4.18. The average molecular weight is 386 g/mol. The van der Waals surface area contributed by atoms with Crippen LogP contribution in [0.1, 0.15) is 21.6 Å². The first-order valence-corrected chi connectivity index (χ1v) is 7.56. The van der Waals surface area contributed by atoms with Crippen molar-refractivity contribution < 1.29 is 4.74 Å². The van der Waals surface area contributed by atoms with E-state index in [1.54, 1.807) is 7.11 Å². The van der Waals surface area contributed by atoms with Gasteiger partial charge in [-0.1, -0.05) is 44.0 Å². The number of rotatable bonds is 4. The topological polar surface area (TPSA) is 35.0 Å². The molecule has 0 aliphatic carbocycles. The molecule has 0 saturated heterocycles. The molecule has 0 radical (unpaired) electrons. The van der Waals surface area contributed by atoms with E-state index in [9.17, 15) is 0 Å². The lowest BCUT2D eigenvalue weighted by Crippen LogP contribution is -2.01. The van der Waals surface area contributed by atoms with Crippen molar-refractivity contribution in [2.75, 3.05) is 7.11 Å². The molecule has 0 aliphatic heterocycles. The second-order valence-corrected chi connectivity index (χ2v) is 6.14. The van der Waals surface area contributed by atoms with Crippen LogP contribution in [0.4, 0.5) is 0 Å². The number of ether oxygens (including phenoxy) is 1. The van der Waals surface area contributed by atoms with E-state index in [4.69, 9.17) is 4.74 Å². The molecule has 2 rings (SSSR count). The Morgan fingerprint density at radius 3 is 2.84 bits per heavy atom. The molecule has 1 heterocycles. The SMILES string of the molecule is COc1cc(CC(Br)c2cccc(Br)c2C)ncn1. The summed E-state index contributed by atoms with van der Waals surface area (Å²) >= 11 is 7.29. The van der Waals surface area contributed by atoms with Crippen LogP contribution >= 0.6 is 31.9 Å². The van der Waals surface area contributed by atoms with Gasteiger partial charge in [0.15, 0.2) is 0 Å². The zero-order chi connectivity index (χ0) is 13.8. The molecule has 0 fully saturated rings. The van der Waals surface area contributed by atoms with Crippen molar-refractivity contribution in [2.24, 2.45) is 0 Å². The molecule has 5 heteroatoms. The van der Waals surface area contributed by atoms with Crippen LogP contribution < -0.4 is 4.74 Å². The largest absolute Gasteiger partial charge is 0.481 e. The van der Waals surface area contributed by atoms with Crippen LogP contribution in [0.25, 0.3) is 0 Å². The van der Waals surface area contributed by atoms with Gasteiger partial charge in [-0.15, -0.1) is 0 Å². The molecular weight excluding hydrogens is 372 g/mol. The number of halogens is 2. The molecule has 1 aromatic heterocycles. The van der Waals surface area contributed by atoms with Crippen molar-refractivity contribution in [1.29, 1.82) is 0 Å². The number of benzene rings is 1. The fourth-order valence-electron chi connectivity index (χ4n) is 1.86. The van der Waals surface area contributed by atoms with E-state index < -0.39 is 0 Å². The quantitative estimate of drug-likeness (QED) is 0.738. The highest BCUT2D eigenvalue weighted by Gasteiger charge is 2.13. The Morgan fingerprint density at radius 2 is 2.11 bits per heavy atom. The Balaban J connectivity index is 2.20. The molecule has 0 spiro atoms. The van der Waals surface area contributed by atoms with Crippen molar-refractivity contribution in [3.8, 4) is 5.88 Å². The van der Waals surface area contributed by atoms with Crippen LogP contribution in [0, 0.1) is 6.92 Å². The second kappa shape index (κ2) is 6.48. The van der Waals surface area contributed by atoms with Gasteiger partial charge >= 0.3 is 0 Å². The van der Waals surface area contributed by atoms with E-state index in [-0.39, 0.29) is 4.83 Å². The Labute approximate surface area is 129 Å². The summed E-state index contributed by atoms with van der Waals surface area (Å²) in [5.41, 5.74) is 3.45. The van der Waals surface area contributed by atoms with Gasteiger partial charge in [0, 0.05) is 27.5 Å². The molecular formula is C14H14Br2N2O. The molecule has 2 aromatic rings. The average Bonchev–Trinajstić information content (AvgIpc) is 2.42. The van der Waals surface area contributed by atoms with Gasteiger partial charge in [-0.3, -0.25) is 0 Å². The van der Waals surface area contributed by atoms with Crippen molar-refractivity contribution >= 4 is 31.9 Å². The maximum Gasteiger partial charge on any atom is 0.216 e. The third-order valence-corrected chi connectivity index (χ3v) is 4.62. The van der Waals surface area contributed by atoms with Crippen LogP contribution in [0.3, 0.4) is 0 Å². The monoisotopic (exact) mass is 384 g/mol. The number of nitrogens with zero attached hydrogens (tertiary/aromatic N) is 2. The standard InChI is InChI=1S/C14H14Br2N2O/c1-9-11(4-3-5-12(9)15)13(16)6-10-7-14(19-2)18-8-17-10/h3-5,7-8,13H,6H2,1-2H3. The minimum Gasteiger partial charge on any atom is -0.481 e. The minimum atomic E-state index is 0.213. The van der Waals surface area contributed by atoms with E-state index >= 15 is 0 Å². The van der Waals surface area contributed by atoms with Crippen LogP contribution in [0.15, 0.2) is 35.1 Å². The van der Waals surface area contributed by atoms with E-state index in [0.717, 1.165) is 16.6 Å². The third-order valence-electron chi connectivity index (χ3n) is 2.94.